The van der Waals surface area contributed by atoms with Crippen molar-refractivity contribution in [2.45, 2.75) is 6.92 Å². The van der Waals surface area contributed by atoms with E-state index in [2.05, 4.69) is 5.32 Å². The molecule has 0 bridgehead atoms. The van der Waals surface area contributed by atoms with Crippen molar-refractivity contribution in [2.75, 3.05) is 19.0 Å². The van der Waals surface area contributed by atoms with Crippen LogP contribution in [-0.4, -0.2) is 36.3 Å². The Morgan fingerprint density at radius 3 is 2.54 bits per heavy atom. The summed E-state index contributed by atoms with van der Waals surface area (Å²) >= 11 is 0. The van der Waals surface area contributed by atoms with Gasteiger partial charge in [-0.25, -0.2) is 0 Å². The van der Waals surface area contributed by atoms with E-state index in [1.54, 1.807) is 18.2 Å². The van der Waals surface area contributed by atoms with Crippen molar-refractivity contribution in [1.29, 1.82) is 0 Å². The van der Waals surface area contributed by atoms with E-state index >= 15 is 0 Å². The molecule has 0 aliphatic carbocycles. The number of amides is 3. The Labute approximate surface area is 139 Å². The number of nitrogens with one attached hydrogen (secondary N) is 1. The average molecular weight is 324 g/mol. The first kappa shape index (κ1) is 15.7. The molecule has 0 saturated heterocycles. The maximum atomic E-state index is 12.5. The fourth-order valence-corrected chi connectivity index (χ4v) is 2.55. The Balaban J connectivity index is 1.88. The van der Waals surface area contributed by atoms with Crippen LogP contribution in [0.4, 0.5) is 5.69 Å². The molecule has 2 aromatic rings. The number of anilines is 1. The van der Waals surface area contributed by atoms with Gasteiger partial charge in [-0.1, -0.05) is 12.1 Å². The number of para-hydroxylation sites is 2. The van der Waals surface area contributed by atoms with Gasteiger partial charge in [0.05, 0.1) is 23.4 Å². The minimum atomic E-state index is -0.403. The van der Waals surface area contributed by atoms with Gasteiger partial charge in [-0.15, -0.1) is 0 Å². The lowest BCUT2D eigenvalue weighted by molar-refractivity contribution is 0.0693. The fraction of sp³-hybridized carbons (Fsp3) is 0.167. The minimum Gasteiger partial charge on any atom is -0.492 e. The number of carbonyl (C=O) groups excluding carboxylic acids is 3. The van der Waals surface area contributed by atoms with Crippen molar-refractivity contribution in [2.24, 2.45) is 0 Å². The molecule has 0 fully saturated rings. The maximum absolute atomic E-state index is 12.5. The van der Waals surface area contributed by atoms with Gasteiger partial charge in [0.2, 0.25) is 0 Å². The zero-order chi connectivity index (χ0) is 17.3. The van der Waals surface area contributed by atoms with E-state index in [0.29, 0.717) is 29.2 Å². The summed E-state index contributed by atoms with van der Waals surface area (Å²) in [4.78, 5) is 37.4. The Hall–Kier alpha value is -3.15. The molecule has 0 spiro atoms. The summed E-state index contributed by atoms with van der Waals surface area (Å²) in [7, 11) is 1.42. The van der Waals surface area contributed by atoms with Crippen LogP contribution in [0.2, 0.25) is 0 Å². The molecule has 1 aliphatic rings. The van der Waals surface area contributed by atoms with E-state index in [9.17, 15) is 14.4 Å². The molecule has 1 heterocycles. The molecule has 0 unspecified atom stereocenters. The van der Waals surface area contributed by atoms with Crippen LogP contribution in [0.3, 0.4) is 0 Å². The predicted molar refractivity (Wildman–Crippen MR) is 88.4 cm³/mol. The van der Waals surface area contributed by atoms with Gasteiger partial charge in [0.15, 0.2) is 0 Å². The van der Waals surface area contributed by atoms with Crippen LogP contribution in [0.15, 0.2) is 42.5 Å². The van der Waals surface area contributed by atoms with Crippen molar-refractivity contribution in [1.82, 2.24) is 4.90 Å². The first-order valence-electron chi connectivity index (χ1n) is 7.52. The summed E-state index contributed by atoms with van der Waals surface area (Å²) in [5.74, 6) is -0.566. The van der Waals surface area contributed by atoms with E-state index < -0.39 is 5.91 Å². The summed E-state index contributed by atoms with van der Waals surface area (Å²) in [5, 5.41) is 2.77. The van der Waals surface area contributed by atoms with Gasteiger partial charge in [-0.2, -0.15) is 0 Å². The highest BCUT2D eigenvalue weighted by molar-refractivity contribution is 6.22. The molecule has 1 N–H and O–H groups in total. The Kier molecular flexibility index (Phi) is 4.04. The molecule has 24 heavy (non-hydrogen) atoms. The van der Waals surface area contributed by atoms with Crippen LogP contribution < -0.4 is 10.1 Å². The van der Waals surface area contributed by atoms with Gasteiger partial charge >= 0.3 is 0 Å². The van der Waals surface area contributed by atoms with Gasteiger partial charge in [-0.3, -0.25) is 19.3 Å². The standard InChI is InChI=1S/C18H16N2O4/c1-3-24-15-7-5-4-6-14(15)19-16(21)11-8-9-12-13(10-11)18(23)20(2)17(12)22/h4-10H,3H2,1-2H3,(H,19,21). The first-order valence-corrected chi connectivity index (χ1v) is 7.52. The van der Waals surface area contributed by atoms with Gasteiger partial charge in [-0.05, 0) is 37.3 Å². The quantitative estimate of drug-likeness (QED) is 0.877. The number of hydrogen-bond acceptors (Lipinski definition) is 4. The van der Waals surface area contributed by atoms with Crippen molar-refractivity contribution < 1.29 is 19.1 Å². The van der Waals surface area contributed by atoms with Gasteiger partial charge in [0, 0.05) is 12.6 Å². The van der Waals surface area contributed by atoms with Crippen LogP contribution in [0.1, 0.15) is 38.0 Å². The highest BCUT2D eigenvalue weighted by Crippen LogP contribution is 2.26. The molecule has 0 atom stereocenters. The second kappa shape index (κ2) is 6.16. The maximum Gasteiger partial charge on any atom is 0.261 e. The summed E-state index contributed by atoms with van der Waals surface area (Å²) in [6.07, 6.45) is 0. The third kappa shape index (κ3) is 2.62. The monoisotopic (exact) mass is 324 g/mol. The highest BCUT2D eigenvalue weighted by Gasteiger charge is 2.33. The SMILES string of the molecule is CCOc1ccccc1NC(=O)c1ccc2c(c1)C(=O)N(C)C2=O. The summed E-state index contributed by atoms with van der Waals surface area (Å²) in [6, 6.07) is 11.6. The second-order valence-electron chi connectivity index (χ2n) is 5.31. The first-order chi connectivity index (χ1) is 11.5. The summed E-state index contributed by atoms with van der Waals surface area (Å²) < 4.78 is 5.47. The Morgan fingerprint density at radius 1 is 1.08 bits per heavy atom. The van der Waals surface area contributed by atoms with Gasteiger partial charge in [0.25, 0.3) is 17.7 Å². The topological polar surface area (TPSA) is 75.7 Å². The molecule has 6 nitrogen and oxygen atoms in total. The lowest BCUT2D eigenvalue weighted by atomic mass is 10.1. The number of hydrogen-bond donors (Lipinski definition) is 1. The molecule has 0 aromatic heterocycles. The lowest BCUT2D eigenvalue weighted by Gasteiger charge is -2.11. The fourth-order valence-electron chi connectivity index (χ4n) is 2.55. The Bertz CT molecular complexity index is 845. The third-order valence-electron chi connectivity index (χ3n) is 3.79. The smallest absolute Gasteiger partial charge is 0.261 e. The number of rotatable bonds is 4. The largest absolute Gasteiger partial charge is 0.492 e. The molecule has 1 aliphatic heterocycles. The highest BCUT2D eigenvalue weighted by atomic mass is 16.5. The van der Waals surface area contributed by atoms with E-state index in [1.165, 1.54) is 25.2 Å². The van der Waals surface area contributed by atoms with Gasteiger partial charge < -0.3 is 10.1 Å². The van der Waals surface area contributed by atoms with Gasteiger partial charge in [0.1, 0.15) is 5.75 Å². The number of carbonyl (C=O) groups is 3. The van der Waals surface area contributed by atoms with Crippen LogP contribution >= 0.6 is 0 Å². The Morgan fingerprint density at radius 2 is 1.79 bits per heavy atom. The number of imide groups is 1. The number of fused-ring (bicyclic) bond motifs is 1. The van der Waals surface area contributed by atoms with E-state index in [-0.39, 0.29) is 17.4 Å². The second-order valence-corrected chi connectivity index (χ2v) is 5.31. The molecule has 122 valence electrons. The zero-order valence-electron chi connectivity index (χ0n) is 13.3. The van der Waals surface area contributed by atoms with E-state index in [4.69, 9.17) is 4.74 Å². The van der Waals surface area contributed by atoms with Crippen LogP contribution in [0, 0.1) is 0 Å². The molecular weight excluding hydrogens is 308 g/mol. The van der Waals surface area contributed by atoms with Crippen molar-refractivity contribution in [3.05, 3.63) is 59.2 Å². The zero-order valence-corrected chi connectivity index (χ0v) is 13.3. The molecule has 0 saturated carbocycles. The summed E-state index contributed by atoms with van der Waals surface area (Å²) in [6.45, 7) is 2.34. The van der Waals surface area contributed by atoms with Crippen LogP contribution in [0.5, 0.6) is 5.75 Å². The number of ether oxygens (including phenoxy) is 1. The van der Waals surface area contributed by atoms with E-state index in [0.717, 1.165) is 4.90 Å². The van der Waals surface area contributed by atoms with Crippen molar-refractivity contribution in [3.63, 3.8) is 0 Å². The van der Waals surface area contributed by atoms with Crippen LogP contribution in [-0.2, 0) is 0 Å². The number of benzene rings is 2. The average Bonchev–Trinajstić information content (AvgIpc) is 2.81. The van der Waals surface area contributed by atoms with E-state index in [1.807, 2.05) is 13.0 Å². The number of nitrogens with zero attached hydrogens (tertiary/aromatic N) is 1. The molecule has 2 aromatic carbocycles. The minimum absolute atomic E-state index is 0.244. The molecule has 3 amide bonds. The van der Waals surface area contributed by atoms with Crippen LogP contribution in [0.25, 0.3) is 0 Å². The lowest BCUT2D eigenvalue weighted by Crippen LogP contribution is -2.24. The normalized spacial score (nSPS) is 13.0. The molecule has 0 radical (unpaired) electrons. The summed E-state index contributed by atoms with van der Waals surface area (Å²) in [5.41, 5.74) is 1.41. The molecule has 6 heteroatoms. The predicted octanol–water partition coefficient (Wildman–Crippen LogP) is 2.56. The third-order valence-corrected chi connectivity index (χ3v) is 3.79. The van der Waals surface area contributed by atoms with Crippen molar-refractivity contribution in [3.8, 4) is 5.75 Å². The molecule has 3 rings (SSSR count). The molecular formula is C18H16N2O4. The van der Waals surface area contributed by atoms with Crippen molar-refractivity contribution >= 4 is 23.4 Å².